The van der Waals surface area contributed by atoms with Gasteiger partial charge in [-0.05, 0) is 39.0 Å². The molecule has 1 rings (SSSR count). The molecule has 0 aromatic heterocycles. The first-order chi connectivity index (χ1) is 7.00. The Morgan fingerprint density at radius 1 is 1.33 bits per heavy atom. The second-order valence-electron chi connectivity index (χ2n) is 5.04. The lowest BCUT2D eigenvalue weighted by atomic mass is 10.1. The zero-order chi connectivity index (χ0) is 11.4. The van der Waals surface area contributed by atoms with Crippen LogP contribution in [0.25, 0.3) is 0 Å². The molecule has 1 fully saturated rings. The summed E-state index contributed by atoms with van der Waals surface area (Å²) < 4.78 is 5.23. The van der Waals surface area contributed by atoms with E-state index in [1.807, 2.05) is 18.7 Å². The molecule has 0 spiro atoms. The van der Waals surface area contributed by atoms with Crippen molar-refractivity contribution in [1.82, 2.24) is 4.90 Å². The number of hydrogen-bond acceptors (Lipinski definition) is 2. The second kappa shape index (κ2) is 5.38. The third kappa shape index (κ3) is 4.54. The van der Waals surface area contributed by atoms with E-state index in [2.05, 4.69) is 13.8 Å². The summed E-state index contributed by atoms with van der Waals surface area (Å²) >= 11 is 0. The van der Waals surface area contributed by atoms with Crippen molar-refractivity contribution in [2.75, 3.05) is 6.54 Å². The lowest BCUT2D eigenvalue weighted by Crippen LogP contribution is -2.36. The first-order valence-corrected chi connectivity index (χ1v) is 5.98. The summed E-state index contributed by atoms with van der Waals surface area (Å²) in [4.78, 5) is 13.7. The number of carbonyl (C=O) groups excluding carboxylic acids is 1. The third-order valence-electron chi connectivity index (χ3n) is 2.51. The minimum atomic E-state index is -0.131. The summed E-state index contributed by atoms with van der Waals surface area (Å²) in [6, 6.07) is 0.454. The highest BCUT2D eigenvalue weighted by atomic mass is 16.6. The van der Waals surface area contributed by atoms with Crippen LogP contribution in [-0.2, 0) is 4.74 Å². The predicted octanol–water partition coefficient (Wildman–Crippen LogP) is 3.04. The maximum absolute atomic E-state index is 11.8. The molecule has 15 heavy (non-hydrogen) atoms. The van der Waals surface area contributed by atoms with Crippen molar-refractivity contribution in [3.8, 4) is 0 Å². The molecule has 0 saturated heterocycles. The summed E-state index contributed by atoms with van der Waals surface area (Å²) in [7, 11) is 0. The van der Waals surface area contributed by atoms with Crippen LogP contribution in [0.1, 0.15) is 47.0 Å². The van der Waals surface area contributed by atoms with Gasteiger partial charge in [-0.1, -0.05) is 13.8 Å². The monoisotopic (exact) mass is 213 g/mol. The van der Waals surface area contributed by atoms with Gasteiger partial charge >= 0.3 is 6.09 Å². The SMILES string of the molecule is CC(C)CCN(C(=O)OC(C)C)C1CC1. The van der Waals surface area contributed by atoms with Crippen molar-refractivity contribution in [3.63, 3.8) is 0 Å². The van der Waals surface area contributed by atoms with Crippen molar-refractivity contribution in [1.29, 1.82) is 0 Å². The molecule has 3 heteroatoms. The van der Waals surface area contributed by atoms with E-state index in [0.29, 0.717) is 12.0 Å². The Balaban J connectivity index is 2.39. The minimum absolute atomic E-state index is 0.0159. The van der Waals surface area contributed by atoms with Crippen LogP contribution in [-0.4, -0.2) is 29.7 Å². The number of rotatable bonds is 5. The Hall–Kier alpha value is -0.730. The second-order valence-corrected chi connectivity index (χ2v) is 5.04. The van der Waals surface area contributed by atoms with Gasteiger partial charge in [0.05, 0.1) is 6.10 Å². The van der Waals surface area contributed by atoms with Gasteiger partial charge in [0, 0.05) is 12.6 Å². The smallest absolute Gasteiger partial charge is 0.410 e. The van der Waals surface area contributed by atoms with Gasteiger partial charge in [-0.25, -0.2) is 4.79 Å². The molecule has 0 aromatic rings. The van der Waals surface area contributed by atoms with Gasteiger partial charge in [-0.3, -0.25) is 0 Å². The fourth-order valence-corrected chi connectivity index (χ4v) is 1.48. The van der Waals surface area contributed by atoms with E-state index in [9.17, 15) is 4.79 Å². The van der Waals surface area contributed by atoms with Crippen molar-refractivity contribution in [2.45, 2.75) is 59.1 Å². The minimum Gasteiger partial charge on any atom is -0.447 e. The maximum Gasteiger partial charge on any atom is 0.410 e. The number of amides is 1. The van der Waals surface area contributed by atoms with E-state index in [1.165, 1.54) is 0 Å². The highest BCUT2D eigenvalue weighted by Crippen LogP contribution is 2.28. The zero-order valence-electron chi connectivity index (χ0n) is 10.3. The number of nitrogens with zero attached hydrogens (tertiary/aromatic N) is 1. The normalized spacial score (nSPS) is 15.9. The van der Waals surface area contributed by atoms with Gasteiger partial charge in [0.15, 0.2) is 0 Å². The van der Waals surface area contributed by atoms with Crippen LogP contribution in [0.2, 0.25) is 0 Å². The molecular formula is C12H23NO2. The molecule has 0 bridgehead atoms. The Morgan fingerprint density at radius 2 is 1.93 bits per heavy atom. The highest BCUT2D eigenvalue weighted by Gasteiger charge is 2.33. The molecule has 1 aliphatic carbocycles. The third-order valence-corrected chi connectivity index (χ3v) is 2.51. The quantitative estimate of drug-likeness (QED) is 0.702. The van der Waals surface area contributed by atoms with Crippen LogP contribution in [0, 0.1) is 5.92 Å². The van der Waals surface area contributed by atoms with Crippen LogP contribution >= 0.6 is 0 Å². The Kier molecular flexibility index (Phi) is 4.43. The Labute approximate surface area is 92.8 Å². The summed E-state index contributed by atoms with van der Waals surface area (Å²) in [5.74, 6) is 0.637. The lowest BCUT2D eigenvalue weighted by molar-refractivity contribution is 0.0731. The standard InChI is InChI=1S/C12H23NO2/c1-9(2)7-8-13(11-5-6-11)12(14)15-10(3)4/h9-11H,5-8H2,1-4H3. The van der Waals surface area contributed by atoms with Gasteiger partial charge in [-0.15, -0.1) is 0 Å². The van der Waals surface area contributed by atoms with Gasteiger partial charge in [0.2, 0.25) is 0 Å². The van der Waals surface area contributed by atoms with Gasteiger partial charge in [0.25, 0.3) is 0 Å². The first kappa shape index (κ1) is 12.3. The molecule has 0 heterocycles. The fourth-order valence-electron chi connectivity index (χ4n) is 1.48. The number of ether oxygens (including phenoxy) is 1. The van der Waals surface area contributed by atoms with E-state index in [0.717, 1.165) is 25.8 Å². The number of carbonyl (C=O) groups is 1. The molecule has 0 N–H and O–H groups in total. The van der Waals surface area contributed by atoms with Crippen molar-refractivity contribution in [3.05, 3.63) is 0 Å². The van der Waals surface area contributed by atoms with Gasteiger partial charge in [-0.2, -0.15) is 0 Å². The van der Waals surface area contributed by atoms with Crippen LogP contribution in [0.4, 0.5) is 4.79 Å². The predicted molar refractivity (Wildman–Crippen MR) is 60.8 cm³/mol. The largest absolute Gasteiger partial charge is 0.447 e. The van der Waals surface area contributed by atoms with Gasteiger partial charge < -0.3 is 9.64 Å². The Morgan fingerprint density at radius 3 is 2.33 bits per heavy atom. The molecule has 0 unspecified atom stereocenters. The average molecular weight is 213 g/mol. The molecule has 0 atom stereocenters. The highest BCUT2D eigenvalue weighted by molar-refractivity contribution is 5.68. The van der Waals surface area contributed by atoms with Crippen molar-refractivity contribution < 1.29 is 9.53 Å². The molecule has 1 saturated carbocycles. The summed E-state index contributed by atoms with van der Waals surface area (Å²) in [5, 5.41) is 0. The van der Waals surface area contributed by atoms with Gasteiger partial charge in [0.1, 0.15) is 0 Å². The lowest BCUT2D eigenvalue weighted by Gasteiger charge is -2.23. The van der Waals surface area contributed by atoms with Crippen LogP contribution in [0.3, 0.4) is 0 Å². The topological polar surface area (TPSA) is 29.5 Å². The molecule has 3 nitrogen and oxygen atoms in total. The first-order valence-electron chi connectivity index (χ1n) is 5.98. The molecule has 1 aliphatic rings. The van der Waals surface area contributed by atoms with Crippen molar-refractivity contribution >= 4 is 6.09 Å². The summed E-state index contributed by atoms with van der Waals surface area (Å²) in [6.07, 6.45) is 3.20. The molecule has 0 radical (unpaired) electrons. The van der Waals surface area contributed by atoms with E-state index in [1.54, 1.807) is 0 Å². The zero-order valence-corrected chi connectivity index (χ0v) is 10.3. The van der Waals surface area contributed by atoms with Crippen LogP contribution in [0.15, 0.2) is 0 Å². The Bertz CT molecular complexity index is 210. The summed E-state index contributed by atoms with van der Waals surface area (Å²) in [6.45, 7) is 8.99. The van der Waals surface area contributed by atoms with E-state index in [-0.39, 0.29) is 12.2 Å². The molecule has 1 amide bonds. The van der Waals surface area contributed by atoms with Crippen LogP contribution < -0.4 is 0 Å². The van der Waals surface area contributed by atoms with E-state index >= 15 is 0 Å². The van der Waals surface area contributed by atoms with Crippen molar-refractivity contribution in [2.24, 2.45) is 5.92 Å². The molecule has 0 aliphatic heterocycles. The van der Waals surface area contributed by atoms with E-state index in [4.69, 9.17) is 4.74 Å². The van der Waals surface area contributed by atoms with E-state index < -0.39 is 0 Å². The number of hydrogen-bond donors (Lipinski definition) is 0. The maximum atomic E-state index is 11.8. The van der Waals surface area contributed by atoms with Crippen LogP contribution in [0.5, 0.6) is 0 Å². The average Bonchev–Trinajstić information content (AvgIpc) is 2.86. The molecular weight excluding hydrogens is 190 g/mol. The summed E-state index contributed by atoms with van der Waals surface area (Å²) in [5.41, 5.74) is 0. The fraction of sp³-hybridized carbons (Fsp3) is 0.917. The molecule has 0 aromatic carbocycles. The molecule has 88 valence electrons.